The number of likely N-dealkylation sites (tertiary alicyclic amines) is 1. The van der Waals surface area contributed by atoms with Gasteiger partial charge in [-0.3, -0.25) is 0 Å². The second kappa shape index (κ2) is 6.20. The van der Waals surface area contributed by atoms with E-state index in [0.717, 1.165) is 10.3 Å². The summed E-state index contributed by atoms with van der Waals surface area (Å²) in [6.07, 6.45) is 3.81. The summed E-state index contributed by atoms with van der Waals surface area (Å²) in [6.45, 7) is 12.8. The van der Waals surface area contributed by atoms with Crippen molar-refractivity contribution in [2.45, 2.75) is 56.5 Å². The molecule has 3 heteroatoms. The van der Waals surface area contributed by atoms with Crippen LogP contribution in [0.25, 0.3) is 0 Å². The van der Waals surface area contributed by atoms with Crippen LogP contribution < -0.4 is 0 Å². The van der Waals surface area contributed by atoms with E-state index >= 15 is 0 Å². The van der Waals surface area contributed by atoms with Gasteiger partial charge in [-0.25, -0.2) is 0 Å². The third-order valence-electron chi connectivity index (χ3n) is 3.63. The zero-order chi connectivity index (χ0) is 13.1. The number of hydrogen-bond acceptors (Lipinski definition) is 2. The number of ether oxygens (including phenoxy) is 1. The number of hydrogen-bond donors (Lipinski definition) is 0. The van der Waals surface area contributed by atoms with E-state index in [-0.39, 0.29) is 5.60 Å². The first kappa shape index (κ1) is 15.7. The third kappa shape index (κ3) is 5.88. The highest BCUT2D eigenvalue weighted by molar-refractivity contribution is 14.1. The zero-order valence-corrected chi connectivity index (χ0v) is 14.2. The molecule has 102 valence electrons. The van der Waals surface area contributed by atoms with Crippen molar-refractivity contribution in [3.8, 4) is 0 Å². The van der Waals surface area contributed by atoms with Crippen molar-refractivity contribution >= 4 is 22.6 Å². The Kier molecular flexibility index (Phi) is 5.73. The topological polar surface area (TPSA) is 12.5 Å². The molecule has 1 aliphatic heterocycles. The van der Waals surface area contributed by atoms with E-state index in [0.29, 0.717) is 5.41 Å². The standard InChI is InChI=1S/C14H28INO/c1-13(2,10-14(3,4)17-5)11-16-8-6-12(15)7-9-16/h12H,6-11H2,1-5H3. The van der Waals surface area contributed by atoms with E-state index in [1.807, 2.05) is 7.11 Å². The Morgan fingerprint density at radius 1 is 1.18 bits per heavy atom. The van der Waals surface area contributed by atoms with Crippen LogP contribution in [0.4, 0.5) is 0 Å². The Morgan fingerprint density at radius 3 is 2.18 bits per heavy atom. The molecule has 0 atom stereocenters. The quantitative estimate of drug-likeness (QED) is 0.552. The van der Waals surface area contributed by atoms with E-state index in [4.69, 9.17) is 4.74 Å². The highest BCUT2D eigenvalue weighted by atomic mass is 127. The molecule has 1 heterocycles. The maximum absolute atomic E-state index is 5.56. The Labute approximate surface area is 121 Å². The molecule has 0 bridgehead atoms. The number of alkyl halides is 1. The van der Waals surface area contributed by atoms with Gasteiger partial charge in [-0.15, -0.1) is 0 Å². The number of methoxy groups -OCH3 is 1. The molecule has 0 radical (unpaired) electrons. The first-order chi connectivity index (χ1) is 7.74. The summed E-state index contributed by atoms with van der Waals surface area (Å²) in [4.78, 5) is 2.63. The summed E-state index contributed by atoms with van der Waals surface area (Å²) in [7, 11) is 1.82. The molecular formula is C14H28INO. The average molecular weight is 353 g/mol. The molecule has 1 rings (SSSR count). The van der Waals surface area contributed by atoms with Gasteiger partial charge < -0.3 is 9.64 Å². The minimum atomic E-state index is -0.00884. The molecule has 0 aromatic rings. The smallest absolute Gasteiger partial charge is 0.0628 e. The Bertz CT molecular complexity index is 232. The number of piperidine rings is 1. The van der Waals surface area contributed by atoms with Crippen molar-refractivity contribution in [1.82, 2.24) is 4.90 Å². The van der Waals surface area contributed by atoms with Gasteiger partial charge in [0, 0.05) is 17.6 Å². The van der Waals surface area contributed by atoms with E-state index in [1.165, 1.54) is 32.5 Å². The molecular weight excluding hydrogens is 325 g/mol. The van der Waals surface area contributed by atoms with E-state index in [2.05, 4.69) is 55.2 Å². The number of rotatable bonds is 5. The third-order valence-corrected chi connectivity index (χ3v) is 4.87. The van der Waals surface area contributed by atoms with Crippen LogP contribution in [0.3, 0.4) is 0 Å². The van der Waals surface area contributed by atoms with Crippen LogP contribution in [0.2, 0.25) is 0 Å². The summed E-state index contributed by atoms with van der Waals surface area (Å²) in [5, 5.41) is 0. The molecule has 0 spiro atoms. The zero-order valence-electron chi connectivity index (χ0n) is 12.1. The highest BCUT2D eigenvalue weighted by Gasteiger charge is 2.31. The van der Waals surface area contributed by atoms with Gasteiger partial charge in [0.15, 0.2) is 0 Å². The Hall–Kier alpha value is 0.650. The minimum absolute atomic E-state index is 0.00884. The summed E-state index contributed by atoms with van der Waals surface area (Å²) >= 11 is 2.59. The normalized spacial score (nSPS) is 20.8. The molecule has 0 N–H and O–H groups in total. The summed E-state index contributed by atoms with van der Waals surface area (Å²) in [6, 6.07) is 0. The van der Waals surface area contributed by atoms with Crippen molar-refractivity contribution in [2.24, 2.45) is 5.41 Å². The van der Waals surface area contributed by atoms with Gasteiger partial charge in [0.1, 0.15) is 0 Å². The first-order valence-electron chi connectivity index (χ1n) is 6.66. The SMILES string of the molecule is COC(C)(C)CC(C)(C)CN1CCC(I)CC1. The predicted octanol–water partition coefficient (Wildman–Crippen LogP) is 3.73. The van der Waals surface area contributed by atoms with Gasteiger partial charge in [0.2, 0.25) is 0 Å². The van der Waals surface area contributed by atoms with Gasteiger partial charge in [-0.2, -0.15) is 0 Å². The van der Waals surface area contributed by atoms with Crippen LogP contribution in [-0.4, -0.2) is 41.2 Å². The molecule has 0 aromatic heterocycles. The maximum Gasteiger partial charge on any atom is 0.0628 e. The molecule has 17 heavy (non-hydrogen) atoms. The lowest BCUT2D eigenvalue weighted by molar-refractivity contribution is -0.0211. The lowest BCUT2D eigenvalue weighted by Crippen LogP contribution is -2.43. The molecule has 2 nitrogen and oxygen atoms in total. The molecule has 1 aliphatic rings. The number of nitrogens with zero attached hydrogens (tertiary/aromatic N) is 1. The summed E-state index contributed by atoms with van der Waals surface area (Å²) < 4.78 is 6.45. The molecule has 0 aliphatic carbocycles. The predicted molar refractivity (Wildman–Crippen MR) is 83.0 cm³/mol. The van der Waals surface area contributed by atoms with Crippen LogP contribution in [0.1, 0.15) is 47.0 Å². The minimum Gasteiger partial charge on any atom is -0.379 e. The molecule has 0 unspecified atom stereocenters. The van der Waals surface area contributed by atoms with E-state index < -0.39 is 0 Å². The fourth-order valence-corrected chi connectivity index (χ4v) is 3.50. The van der Waals surface area contributed by atoms with Gasteiger partial charge >= 0.3 is 0 Å². The Balaban J connectivity index is 2.43. The van der Waals surface area contributed by atoms with Crippen LogP contribution in [-0.2, 0) is 4.74 Å². The average Bonchev–Trinajstić information content (AvgIpc) is 2.20. The summed E-state index contributed by atoms with van der Waals surface area (Å²) in [5.74, 6) is 0. The molecule has 1 fully saturated rings. The first-order valence-corrected chi connectivity index (χ1v) is 7.90. The lowest BCUT2D eigenvalue weighted by atomic mass is 9.81. The van der Waals surface area contributed by atoms with Crippen molar-refractivity contribution in [1.29, 1.82) is 0 Å². The molecule has 0 aromatic carbocycles. The van der Waals surface area contributed by atoms with Gasteiger partial charge in [0.05, 0.1) is 5.60 Å². The van der Waals surface area contributed by atoms with Crippen molar-refractivity contribution in [3.63, 3.8) is 0 Å². The van der Waals surface area contributed by atoms with Gasteiger partial charge in [0.25, 0.3) is 0 Å². The van der Waals surface area contributed by atoms with Crippen LogP contribution in [0.5, 0.6) is 0 Å². The van der Waals surface area contributed by atoms with E-state index in [1.54, 1.807) is 0 Å². The van der Waals surface area contributed by atoms with Crippen molar-refractivity contribution < 1.29 is 4.74 Å². The Morgan fingerprint density at radius 2 is 1.71 bits per heavy atom. The summed E-state index contributed by atoms with van der Waals surface area (Å²) in [5.41, 5.74) is 0.322. The molecule has 0 amide bonds. The molecule has 1 saturated heterocycles. The van der Waals surface area contributed by atoms with E-state index in [9.17, 15) is 0 Å². The highest BCUT2D eigenvalue weighted by Crippen LogP contribution is 2.31. The van der Waals surface area contributed by atoms with Crippen LogP contribution in [0, 0.1) is 5.41 Å². The lowest BCUT2D eigenvalue weighted by Gasteiger charge is -2.39. The largest absolute Gasteiger partial charge is 0.379 e. The van der Waals surface area contributed by atoms with Gasteiger partial charge in [-0.05, 0) is 51.6 Å². The van der Waals surface area contributed by atoms with Crippen LogP contribution >= 0.6 is 22.6 Å². The number of halogens is 1. The van der Waals surface area contributed by atoms with Crippen molar-refractivity contribution in [2.75, 3.05) is 26.7 Å². The second-order valence-corrected chi connectivity index (χ2v) is 8.52. The van der Waals surface area contributed by atoms with Gasteiger partial charge in [-0.1, -0.05) is 36.4 Å². The molecule has 0 saturated carbocycles. The van der Waals surface area contributed by atoms with Crippen molar-refractivity contribution in [3.05, 3.63) is 0 Å². The second-order valence-electron chi connectivity index (χ2n) is 6.76. The monoisotopic (exact) mass is 353 g/mol. The van der Waals surface area contributed by atoms with Crippen LogP contribution in [0.15, 0.2) is 0 Å². The fraction of sp³-hybridized carbons (Fsp3) is 1.00. The fourth-order valence-electron chi connectivity index (χ4n) is 2.95. The maximum atomic E-state index is 5.56.